The molecule has 1 aromatic carbocycles. The molecule has 0 aliphatic heterocycles. The topological polar surface area (TPSA) is 63.7 Å². The number of carbonyl (C=O) groups is 1. The number of rotatable bonds is 4. The van der Waals surface area contributed by atoms with Crippen LogP contribution in [0.15, 0.2) is 18.2 Å². The van der Waals surface area contributed by atoms with E-state index in [1.165, 1.54) is 14.2 Å². The molecule has 94 valence electrons. The monoisotopic (exact) mass is 277 g/mol. The highest BCUT2D eigenvalue weighted by molar-refractivity contribution is 7.74. The number of halogens is 1. The minimum atomic E-state index is -2.73. The van der Waals surface area contributed by atoms with Crippen molar-refractivity contribution in [2.24, 2.45) is 0 Å². The summed E-state index contributed by atoms with van der Waals surface area (Å²) in [5.74, 6) is -0.378. The summed E-state index contributed by atoms with van der Waals surface area (Å²) in [6.07, 6.45) is 0.101. The number of hydrogen-bond donors (Lipinski definition) is 1. The van der Waals surface area contributed by atoms with Gasteiger partial charge in [-0.2, -0.15) is 0 Å². The van der Waals surface area contributed by atoms with Crippen molar-refractivity contribution in [1.29, 1.82) is 0 Å². The molecular weight excluding hydrogens is 266 g/mol. The lowest BCUT2D eigenvalue weighted by Crippen LogP contribution is -2.14. The average molecular weight is 278 g/mol. The number of nitrogens with zero attached hydrogens (tertiary/aromatic N) is 1. The van der Waals surface area contributed by atoms with Crippen LogP contribution in [0.25, 0.3) is 0 Å². The molecule has 0 unspecified atom stereocenters. The SMILES string of the molecule is COC(=O)Cc1ccc(N(C)[SH](=O)=O)c(Cl)c1. The van der Waals surface area contributed by atoms with Gasteiger partial charge < -0.3 is 4.74 Å². The van der Waals surface area contributed by atoms with Crippen molar-refractivity contribution in [3.05, 3.63) is 28.8 Å². The molecule has 0 aliphatic carbocycles. The summed E-state index contributed by atoms with van der Waals surface area (Å²) in [6, 6.07) is 4.72. The minimum absolute atomic E-state index is 0.101. The van der Waals surface area contributed by atoms with Crippen LogP contribution in [0.1, 0.15) is 5.56 Å². The van der Waals surface area contributed by atoms with E-state index in [2.05, 4.69) is 4.74 Å². The highest BCUT2D eigenvalue weighted by atomic mass is 35.5. The van der Waals surface area contributed by atoms with Crippen molar-refractivity contribution in [2.75, 3.05) is 18.5 Å². The second-order valence-corrected chi connectivity index (χ2v) is 4.78. The van der Waals surface area contributed by atoms with Crippen LogP contribution in [-0.2, 0) is 26.8 Å². The van der Waals surface area contributed by atoms with Crippen LogP contribution in [0, 0.1) is 0 Å². The third kappa shape index (κ3) is 3.61. The third-order valence-electron chi connectivity index (χ3n) is 2.18. The zero-order valence-electron chi connectivity index (χ0n) is 9.34. The van der Waals surface area contributed by atoms with Gasteiger partial charge in [-0.15, -0.1) is 0 Å². The molecule has 0 bridgehead atoms. The van der Waals surface area contributed by atoms with Crippen molar-refractivity contribution in [3.63, 3.8) is 0 Å². The Morgan fingerprint density at radius 3 is 2.59 bits per heavy atom. The molecule has 0 aromatic heterocycles. The first-order valence-corrected chi connectivity index (χ1v) is 6.19. The van der Waals surface area contributed by atoms with E-state index in [0.29, 0.717) is 11.3 Å². The summed E-state index contributed by atoms with van der Waals surface area (Å²) in [6.45, 7) is 0. The zero-order chi connectivity index (χ0) is 13.0. The molecule has 0 atom stereocenters. The summed E-state index contributed by atoms with van der Waals surface area (Å²) in [5, 5.41) is 0.271. The molecule has 0 amide bonds. The number of methoxy groups -OCH3 is 1. The number of benzene rings is 1. The van der Waals surface area contributed by atoms with Crippen LogP contribution >= 0.6 is 11.6 Å². The minimum Gasteiger partial charge on any atom is -0.469 e. The molecule has 0 N–H and O–H groups in total. The highest BCUT2D eigenvalue weighted by Gasteiger charge is 2.10. The Balaban J connectivity index is 2.97. The van der Waals surface area contributed by atoms with Gasteiger partial charge in [-0.1, -0.05) is 17.7 Å². The first-order valence-electron chi connectivity index (χ1n) is 4.69. The van der Waals surface area contributed by atoms with Crippen molar-refractivity contribution in [1.82, 2.24) is 0 Å². The number of ether oxygens (including phenoxy) is 1. The maximum atomic E-state index is 11.0. The van der Waals surface area contributed by atoms with Gasteiger partial charge in [0.1, 0.15) is 0 Å². The van der Waals surface area contributed by atoms with E-state index >= 15 is 0 Å². The van der Waals surface area contributed by atoms with Crippen LogP contribution in [0.4, 0.5) is 5.69 Å². The van der Waals surface area contributed by atoms with Gasteiger partial charge in [0.25, 0.3) is 0 Å². The van der Waals surface area contributed by atoms with E-state index in [1.54, 1.807) is 18.2 Å². The molecule has 0 spiro atoms. The Kier molecular flexibility index (Phi) is 4.77. The van der Waals surface area contributed by atoms with Crippen LogP contribution in [0.3, 0.4) is 0 Å². The van der Waals surface area contributed by atoms with E-state index in [4.69, 9.17) is 11.6 Å². The zero-order valence-corrected chi connectivity index (χ0v) is 11.0. The van der Waals surface area contributed by atoms with Crippen molar-refractivity contribution < 1.29 is 17.9 Å². The maximum Gasteiger partial charge on any atom is 0.309 e. The molecule has 5 nitrogen and oxygen atoms in total. The van der Waals surface area contributed by atoms with E-state index in [0.717, 1.165) is 4.31 Å². The second-order valence-electron chi connectivity index (χ2n) is 3.30. The van der Waals surface area contributed by atoms with Gasteiger partial charge in [0.15, 0.2) is 0 Å². The van der Waals surface area contributed by atoms with E-state index < -0.39 is 10.9 Å². The quantitative estimate of drug-likeness (QED) is 0.659. The summed E-state index contributed by atoms with van der Waals surface area (Å²) >= 11 is 5.93. The fourth-order valence-corrected chi connectivity index (χ4v) is 1.99. The van der Waals surface area contributed by atoms with Gasteiger partial charge >= 0.3 is 5.97 Å². The van der Waals surface area contributed by atoms with Crippen LogP contribution in [0.5, 0.6) is 0 Å². The molecule has 0 fully saturated rings. The van der Waals surface area contributed by atoms with Crippen molar-refractivity contribution in [3.8, 4) is 0 Å². The van der Waals surface area contributed by atoms with Gasteiger partial charge in [0, 0.05) is 7.05 Å². The highest BCUT2D eigenvalue weighted by Crippen LogP contribution is 2.26. The lowest BCUT2D eigenvalue weighted by molar-refractivity contribution is -0.139. The van der Waals surface area contributed by atoms with Gasteiger partial charge in [0.2, 0.25) is 10.9 Å². The number of thiol groups is 1. The molecule has 0 heterocycles. The number of hydrogen-bond acceptors (Lipinski definition) is 4. The van der Waals surface area contributed by atoms with Gasteiger partial charge in [-0.3, -0.25) is 9.10 Å². The summed E-state index contributed by atoms with van der Waals surface area (Å²) < 4.78 is 27.1. The van der Waals surface area contributed by atoms with Gasteiger partial charge in [-0.25, -0.2) is 8.42 Å². The van der Waals surface area contributed by atoms with Crippen molar-refractivity contribution >= 4 is 34.1 Å². The van der Waals surface area contributed by atoms with Crippen molar-refractivity contribution in [2.45, 2.75) is 6.42 Å². The summed E-state index contributed by atoms with van der Waals surface area (Å²) in [4.78, 5) is 11.0. The van der Waals surface area contributed by atoms with E-state index in [1.807, 2.05) is 0 Å². The Hall–Kier alpha value is -1.27. The Morgan fingerprint density at radius 1 is 1.47 bits per heavy atom. The largest absolute Gasteiger partial charge is 0.469 e. The summed E-state index contributed by atoms with van der Waals surface area (Å²) in [5.41, 5.74) is 1.04. The predicted molar refractivity (Wildman–Crippen MR) is 65.9 cm³/mol. The number of carbonyl (C=O) groups excluding carboxylic acids is 1. The molecule has 17 heavy (non-hydrogen) atoms. The fraction of sp³-hybridized carbons (Fsp3) is 0.300. The average Bonchev–Trinajstić information content (AvgIpc) is 2.28. The number of esters is 1. The van der Waals surface area contributed by atoms with Crippen LogP contribution in [0.2, 0.25) is 5.02 Å². The second kappa shape index (κ2) is 5.88. The summed E-state index contributed by atoms with van der Waals surface area (Å²) in [7, 11) is -0.0308. The molecule has 0 saturated carbocycles. The Morgan fingerprint density at radius 2 is 2.12 bits per heavy atom. The van der Waals surface area contributed by atoms with Crippen LogP contribution in [-0.4, -0.2) is 28.5 Å². The maximum absolute atomic E-state index is 11.0. The molecular formula is C10H12ClNO4S. The Bertz CT molecular complexity index is 493. The smallest absolute Gasteiger partial charge is 0.309 e. The van der Waals surface area contributed by atoms with Gasteiger partial charge in [-0.05, 0) is 17.7 Å². The lowest BCUT2D eigenvalue weighted by Gasteiger charge is -2.13. The van der Waals surface area contributed by atoms with E-state index in [9.17, 15) is 13.2 Å². The first kappa shape index (κ1) is 13.8. The molecule has 7 heteroatoms. The standard InChI is InChI=1S/C10H12ClNO4S/c1-12(17(14)15)9-4-3-7(5-8(9)11)6-10(13)16-2/h3-5,17H,6H2,1-2H3. The molecule has 0 saturated heterocycles. The Labute approximate surface area is 106 Å². The molecule has 0 radical (unpaired) electrons. The van der Waals surface area contributed by atoms with Gasteiger partial charge in [0.05, 0.1) is 24.2 Å². The fourth-order valence-electron chi connectivity index (χ4n) is 1.25. The predicted octanol–water partition coefficient (Wildman–Crippen LogP) is 1.02. The lowest BCUT2D eigenvalue weighted by atomic mass is 10.1. The molecule has 1 aromatic rings. The number of anilines is 1. The molecule has 0 aliphatic rings. The van der Waals surface area contributed by atoms with E-state index in [-0.39, 0.29) is 17.4 Å². The normalized spacial score (nSPS) is 10.4. The van der Waals surface area contributed by atoms with Crippen LogP contribution < -0.4 is 4.31 Å². The first-order chi connectivity index (χ1) is 7.95. The third-order valence-corrected chi connectivity index (χ3v) is 3.19. The molecule has 1 rings (SSSR count).